The van der Waals surface area contributed by atoms with E-state index in [4.69, 9.17) is 16.3 Å². The number of hydrogen-bond acceptors (Lipinski definition) is 4. The quantitative estimate of drug-likeness (QED) is 0.846. The highest BCUT2D eigenvalue weighted by atomic mass is 35.5. The van der Waals surface area contributed by atoms with Crippen LogP contribution in [0.1, 0.15) is 19.6 Å². The molecule has 3 rings (SSSR count). The molecule has 1 N–H and O–H groups in total. The Kier molecular flexibility index (Phi) is 2.97. The predicted octanol–water partition coefficient (Wildman–Crippen LogP) is 2.00. The van der Waals surface area contributed by atoms with Crippen molar-refractivity contribution < 1.29 is 9.84 Å². The van der Waals surface area contributed by atoms with Gasteiger partial charge in [-0.15, -0.1) is 0 Å². The van der Waals surface area contributed by atoms with Gasteiger partial charge in [0.25, 0.3) is 0 Å². The molecule has 0 amide bonds. The van der Waals surface area contributed by atoms with Crippen molar-refractivity contribution in [3.05, 3.63) is 23.7 Å². The van der Waals surface area contributed by atoms with Gasteiger partial charge in [-0.3, -0.25) is 0 Å². The minimum atomic E-state index is -0.107. The number of rotatable bonds is 2. The van der Waals surface area contributed by atoms with Gasteiger partial charge >= 0.3 is 0 Å². The van der Waals surface area contributed by atoms with E-state index in [2.05, 4.69) is 16.9 Å². The number of hydrogen-bond donors (Lipinski definition) is 1. The molecule has 0 radical (unpaired) electrons. The number of halogens is 1. The van der Waals surface area contributed by atoms with E-state index in [1.54, 1.807) is 0 Å². The largest absolute Gasteiger partial charge is 0.394 e. The predicted molar refractivity (Wildman–Crippen MR) is 67.3 cm³/mol. The summed E-state index contributed by atoms with van der Waals surface area (Å²) in [4.78, 5) is 8.20. The fraction of sp³-hybridized carbons (Fsp3) is 0.500. The Morgan fingerprint density at radius 3 is 3.11 bits per heavy atom. The van der Waals surface area contributed by atoms with Crippen molar-refractivity contribution in [3.63, 3.8) is 0 Å². The van der Waals surface area contributed by atoms with Crippen molar-refractivity contribution in [2.45, 2.75) is 25.7 Å². The summed E-state index contributed by atoms with van der Waals surface area (Å²) in [5.74, 6) is 0.328. The molecule has 3 unspecified atom stereocenters. The van der Waals surface area contributed by atoms with E-state index in [-0.39, 0.29) is 18.9 Å². The van der Waals surface area contributed by atoms with E-state index < -0.39 is 0 Å². The van der Waals surface area contributed by atoms with E-state index in [1.165, 1.54) is 6.33 Å². The summed E-state index contributed by atoms with van der Waals surface area (Å²) in [5.41, 5.74) is 0.769. The number of aromatic nitrogens is 3. The maximum absolute atomic E-state index is 9.23. The standard InChI is InChI=1S/C12H14ClN3O2/c1-7-4-10(18-9(7)5-17)16-3-2-8-11(13)14-6-15-12(8)16/h2-3,6-7,9-10,17H,4-5H2,1H3. The average Bonchev–Trinajstić information content (AvgIpc) is 2.93. The molecule has 0 spiro atoms. The van der Waals surface area contributed by atoms with E-state index in [9.17, 15) is 5.11 Å². The van der Waals surface area contributed by atoms with Crippen LogP contribution in [0.3, 0.4) is 0 Å². The molecular weight excluding hydrogens is 254 g/mol. The Morgan fingerprint density at radius 1 is 1.56 bits per heavy atom. The number of aliphatic hydroxyl groups is 1. The van der Waals surface area contributed by atoms with Crippen LogP contribution in [0.25, 0.3) is 11.0 Å². The molecule has 18 heavy (non-hydrogen) atoms. The second kappa shape index (κ2) is 4.50. The van der Waals surface area contributed by atoms with E-state index in [0.29, 0.717) is 11.1 Å². The van der Waals surface area contributed by atoms with Crippen LogP contribution in [-0.4, -0.2) is 32.4 Å². The zero-order valence-corrected chi connectivity index (χ0v) is 10.7. The average molecular weight is 268 g/mol. The summed E-state index contributed by atoms with van der Waals surface area (Å²) in [6.45, 7) is 2.13. The van der Waals surface area contributed by atoms with Crippen molar-refractivity contribution in [2.75, 3.05) is 6.61 Å². The van der Waals surface area contributed by atoms with Crippen LogP contribution < -0.4 is 0 Å². The zero-order valence-electron chi connectivity index (χ0n) is 9.95. The molecule has 1 saturated heterocycles. The monoisotopic (exact) mass is 267 g/mol. The summed E-state index contributed by atoms with van der Waals surface area (Å²) in [5, 5.41) is 10.5. The first-order valence-electron chi connectivity index (χ1n) is 5.94. The van der Waals surface area contributed by atoms with Crippen LogP contribution in [0, 0.1) is 5.92 Å². The molecule has 2 aromatic heterocycles. The Morgan fingerprint density at radius 2 is 2.39 bits per heavy atom. The van der Waals surface area contributed by atoms with Crippen LogP contribution in [-0.2, 0) is 4.74 Å². The molecule has 0 saturated carbocycles. The summed E-state index contributed by atoms with van der Waals surface area (Å²) in [6.07, 6.45) is 4.01. The van der Waals surface area contributed by atoms with Crippen molar-refractivity contribution in [2.24, 2.45) is 5.92 Å². The highest BCUT2D eigenvalue weighted by molar-refractivity contribution is 6.33. The van der Waals surface area contributed by atoms with Gasteiger partial charge in [0.05, 0.1) is 18.1 Å². The van der Waals surface area contributed by atoms with Crippen molar-refractivity contribution in [1.82, 2.24) is 14.5 Å². The Balaban J connectivity index is 1.99. The van der Waals surface area contributed by atoms with Crippen LogP contribution in [0.5, 0.6) is 0 Å². The molecule has 0 aliphatic carbocycles. The Bertz CT molecular complexity index is 571. The maximum atomic E-state index is 9.23. The molecule has 3 atom stereocenters. The second-order valence-corrected chi connectivity index (χ2v) is 5.01. The van der Waals surface area contributed by atoms with E-state index in [0.717, 1.165) is 17.5 Å². The Hall–Kier alpha value is -1.17. The summed E-state index contributed by atoms with van der Waals surface area (Å²) in [6, 6.07) is 1.89. The highest BCUT2D eigenvalue weighted by Gasteiger charge is 2.33. The molecule has 0 bridgehead atoms. The van der Waals surface area contributed by atoms with E-state index >= 15 is 0 Å². The van der Waals surface area contributed by atoms with Gasteiger partial charge in [-0.1, -0.05) is 18.5 Å². The Labute approximate surface area is 109 Å². The van der Waals surface area contributed by atoms with Gasteiger partial charge in [-0.05, 0) is 18.4 Å². The first kappa shape index (κ1) is 11.9. The lowest BCUT2D eigenvalue weighted by molar-refractivity contribution is -0.0275. The molecule has 1 aliphatic rings. The molecule has 2 aromatic rings. The second-order valence-electron chi connectivity index (χ2n) is 4.65. The van der Waals surface area contributed by atoms with Gasteiger partial charge in [0, 0.05) is 6.20 Å². The van der Waals surface area contributed by atoms with Crippen molar-refractivity contribution in [3.8, 4) is 0 Å². The summed E-state index contributed by atoms with van der Waals surface area (Å²) >= 11 is 6.02. The van der Waals surface area contributed by atoms with Gasteiger partial charge in [0.1, 0.15) is 23.4 Å². The SMILES string of the molecule is CC1CC(n2ccc3c(Cl)ncnc32)OC1CO. The van der Waals surface area contributed by atoms with Crippen LogP contribution in [0.2, 0.25) is 5.15 Å². The molecule has 0 aromatic carbocycles. The molecular formula is C12H14ClN3O2. The normalized spacial score (nSPS) is 28.1. The third kappa shape index (κ3) is 1.79. The van der Waals surface area contributed by atoms with Gasteiger partial charge in [0.15, 0.2) is 0 Å². The highest BCUT2D eigenvalue weighted by Crippen LogP contribution is 2.35. The number of ether oxygens (including phenoxy) is 1. The fourth-order valence-corrected chi connectivity index (χ4v) is 2.63. The molecule has 1 aliphatic heterocycles. The minimum Gasteiger partial charge on any atom is -0.394 e. The van der Waals surface area contributed by atoms with Gasteiger partial charge in [-0.25, -0.2) is 9.97 Å². The fourth-order valence-electron chi connectivity index (χ4n) is 2.44. The van der Waals surface area contributed by atoms with Gasteiger partial charge in [0.2, 0.25) is 0 Å². The lowest BCUT2D eigenvalue weighted by atomic mass is 10.0. The van der Waals surface area contributed by atoms with Crippen molar-refractivity contribution >= 4 is 22.6 Å². The summed E-state index contributed by atoms with van der Waals surface area (Å²) in [7, 11) is 0. The van der Waals surface area contributed by atoms with E-state index in [1.807, 2.05) is 16.8 Å². The number of fused-ring (bicyclic) bond motifs is 1. The smallest absolute Gasteiger partial charge is 0.146 e. The number of nitrogens with zero attached hydrogens (tertiary/aromatic N) is 3. The van der Waals surface area contributed by atoms with Crippen molar-refractivity contribution in [1.29, 1.82) is 0 Å². The lowest BCUT2D eigenvalue weighted by Crippen LogP contribution is -2.18. The third-order valence-electron chi connectivity index (χ3n) is 3.49. The first-order chi connectivity index (χ1) is 8.70. The zero-order chi connectivity index (χ0) is 12.7. The molecule has 96 valence electrons. The van der Waals surface area contributed by atoms with Crippen LogP contribution in [0.15, 0.2) is 18.6 Å². The van der Waals surface area contributed by atoms with Gasteiger partial charge in [-0.2, -0.15) is 0 Å². The minimum absolute atomic E-state index is 0.0482. The molecule has 3 heterocycles. The topological polar surface area (TPSA) is 60.2 Å². The number of aliphatic hydroxyl groups excluding tert-OH is 1. The van der Waals surface area contributed by atoms with Crippen LogP contribution in [0.4, 0.5) is 0 Å². The third-order valence-corrected chi connectivity index (χ3v) is 3.79. The molecule has 1 fully saturated rings. The van der Waals surface area contributed by atoms with Gasteiger partial charge < -0.3 is 14.4 Å². The molecule has 5 nitrogen and oxygen atoms in total. The lowest BCUT2D eigenvalue weighted by Gasteiger charge is -2.14. The van der Waals surface area contributed by atoms with Crippen LogP contribution >= 0.6 is 11.6 Å². The maximum Gasteiger partial charge on any atom is 0.146 e. The summed E-state index contributed by atoms with van der Waals surface area (Å²) < 4.78 is 7.78. The molecule has 6 heteroatoms. The first-order valence-corrected chi connectivity index (χ1v) is 6.32.